The first kappa shape index (κ1) is 19.1. The Hall–Kier alpha value is -2.25. The summed E-state index contributed by atoms with van der Waals surface area (Å²) in [5, 5.41) is 5.79. The van der Waals surface area contributed by atoms with Crippen LogP contribution in [0.4, 0.5) is 5.95 Å². The highest BCUT2D eigenvalue weighted by molar-refractivity contribution is 6.42. The molecule has 0 saturated carbocycles. The lowest BCUT2D eigenvalue weighted by Crippen LogP contribution is -2.29. The molecule has 28 heavy (non-hydrogen) atoms. The fourth-order valence-corrected chi connectivity index (χ4v) is 3.60. The van der Waals surface area contributed by atoms with Gasteiger partial charge in [-0.05, 0) is 32.9 Å². The minimum absolute atomic E-state index is 0.0363. The van der Waals surface area contributed by atoms with Crippen LogP contribution in [0.15, 0.2) is 29.2 Å². The highest BCUT2D eigenvalue weighted by Gasteiger charge is 2.27. The summed E-state index contributed by atoms with van der Waals surface area (Å²) in [6.45, 7) is 7.42. The Morgan fingerprint density at radius 2 is 2.04 bits per heavy atom. The second-order valence-electron chi connectivity index (χ2n) is 7.90. The first-order chi connectivity index (χ1) is 13.2. The normalized spacial score (nSPS) is 17.5. The summed E-state index contributed by atoms with van der Waals surface area (Å²) in [5.74, 6) is 1.20. The van der Waals surface area contributed by atoms with Crippen LogP contribution in [0.1, 0.15) is 27.2 Å². The van der Waals surface area contributed by atoms with Crippen molar-refractivity contribution in [1.82, 2.24) is 19.7 Å². The summed E-state index contributed by atoms with van der Waals surface area (Å²) in [6, 6.07) is 5.22. The third-order valence-electron chi connectivity index (χ3n) is 4.70. The maximum absolute atomic E-state index is 12.5. The summed E-state index contributed by atoms with van der Waals surface area (Å²) in [6.07, 6.45) is 2.34. The maximum Gasteiger partial charge on any atom is 0.263 e. The van der Waals surface area contributed by atoms with Gasteiger partial charge in [0, 0.05) is 19.0 Å². The largest absolute Gasteiger partial charge is 0.488 e. The van der Waals surface area contributed by atoms with E-state index in [0.29, 0.717) is 39.3 Å². The summed E-state index contributed by atoms with van der Waals surface area (Å²) in [7, 11) is 0. The number of fused-ring (bicyclic) bond motifs is 1. The Kier molecular flexibility index (Phi) is 4.75. The number of aromatic amines is 1. The van der Waals surface area contributed by atoms with Gasteiger partial charge in [0.25, 0.3) is 5.56 Å². The van der Waals surface area contributed by atoms with E-state index in [1.54, 1.807) is 29.1 Å². The van der Waals surface area contributed by atoms with Crippen LogP contribution in [0.2, 0.25) is 10.0 Å². The quantitative estimate of drug-likeness (QED) is 0.694. The second-order valence-corrected chi connectivity index (χ2v) is 8.72. The van der Waals surface area contributed by atoms with Crippen molar-refractivity contribution in [1.29, 1.82) is 0 Å². The number of anilines is 1. The van der Waals surface area contributed by atoms with Crippen molar-refractivity contribution in [2.45, 2.75) is 38.8 Å². The topological polar surface area (TPSA) is 76.0 Å². The SMILES string of the molecule is CC(C)(C)n1ncc2c(=O)[nH]c(N3CCC(Oc4ccc(Cl)c(Cl)c4)C3)nc21. The van der Waals surface area contributed by atoms with Crippen LogP contribution in [0.25, 0.3) is 11.0 Å². The minimum atomic E-state index is -0.273. The highest BCUT2D eigenvalue weighted by Crippen LogP contribution is 2.28. The minimum Gasteiger partial charge on any atom is -0.488 e. The number of aromatic nitrogens is 4. The molecular formula is C19H21Cl2N5O2. The zero-order valence-electron chi connectivity index (χ0n) is 15.9. The van der Waals surface area contributed by atoms with E-state index >= 15 is 0 Å². The molecule has 1 saturated heterocycles. The predicted molar refractivity (Wildman–Crippen MR) is 111 cm³/mol. The number of rotatable bonds is 3. The van der Waals surface area contributed by atoms with Crippen LogP contribution in [0, 0.1) is 0 Å². The van der Waals surface area contributed by atoms with E-state index in [0.717, 1.165) is 13.0 Å². The van der Waals surface area contributed by atoms with E-state index in [-0.39, 0.29) is 17.2 Å². The third-order valence-corrected chi connectivity index (χ3v) is 5.44. The number of H-pyrrole nitrogens is 1. The van der Waals surface area contributed by atoms with Crippen molar-refractivity contribution in [3.05, 3.63) is 44.8 Å². The molecule has 1 aromatic carbocycles. The van der Waals surface area contributed by atoms with Crippen molar-refractivity contribution in [2.24, 2.45) is 0 Å². The molecule has 1 aliphatic rings. The maximum atomic E-state index is 12.5. The molecule has 1 unspecified atom stereocenters. The van der Waals surface area contributed by atoms with Gasteiger partial charge >= 0.3 is 0 Å². The molecule has 1 aliphatic heterocycles. The molecule has 1 N–H and O–H groups in total. The molecule has 1 fully saturated rings. The van der Waals surface area contributed by atoms with Crippen molar-refractivity contribution in [3.8, 4) is 5.75 Å². The zero-order chi connectivity index (χ0) is 20.1. The Morgan fingerprint density at radius 3 is 2.75 bits per heavy atom. The van der Waals surface area contributed by atoms with Gasteiger partial charge in [0.2, 0.25) is 5.95 Å². The van der Waals surface area contributed by atoms with Crippen molar-refractivity contribution in [2.75, 3.05) is 18.0 Å². The number of ether oxygens (including phenoxy) is 1. The summed E-state index contributed by atoms with van der Waals surface area (Å²) < 4.78 is 7.80. The molecule has 4 rings (SSSR count). The lowest BCUT2D eigenvalue weighted by atomic mass is 10.1. The van der Waals surface area contributed by atoms with Gasteiger partial charge < -0.3 is 9.64 Å². The smallest absolute Gasteiger partial charge is 0.263 e. The number of hydrogen-bond acceptors (Lipinski definition) is 5. The van der Waals surface area contributed by atoms with Gasteiger partial charge in [0.05, 0.1) is 28.3 Å². The molecule has 3 heterocycles. The molecule has 0 aliphatic carbocycles. The second kappa shape index (κ2) is 6.97. The van der Waals surface area contributed by atoms with E-state index in [4.69, 9.17) is 27.9 Å². The van der Waals surface area contributed by atoms with E-state index in [1.807, 2.05) is 25.7 Å². The molecule has 7 nitrogen and oxygen atoms in total. The number of hydrogen-bond donors (Lipinski definition) is 1. The average molecular weight is 422 g/mol. The highest BCUT2D eigenvalue weighted by atomic mass is 35.5. The lowest BCUT2D eigenvalue weighted by Gasteiger charge is -2.21. The van der Waals surface area contributed by atoms with Crippen molar-refractivity contribution in [3.63, 3.8) is 0 Å². The van der Waals surface area contributed by atoms with Gasteiger partial charge in [-0.2, -0.15) is 10.1 Å². The van der Waals surface area contributed by atoms with E-state index in [9.17, 15) is 4.79 Å². The summed E-state index contributed by atoms with van der Waals surface area (Å²) in [5.41, 5.74) is 0.120. The Labute approximate surface area is 172 Å². The molecule has 1 atom stereocenters. The van der Waals surface area contributed by atoms with Crippen molar-refractivity contribution < 1.29 is 4.74 Å². The van der Waals surface area contributed by atoms with E-state index in [2.05, 4.69) is 15.1 Å². The fraction of sp³-hybridized carbons (Fsp3) is 0.421. The molecule has 2 aromatic heterocycles. The molecular weight excluding hydrogens is 401 g/mol. The Balaban J connectivity index is 1.57. The number of nitrogens with one attached hydrogen (secondary N) is 1. The van der Waals surface area contributed by atoms with Crippen LogP contribution in [0.5, 0.6) is 5.75 Å². The van der Waals surface area contributed by atoms with Gasteiger partial charge in [-0.25, -0.2) is 4.68 Å². The lowest BCUT2D eigenvalue weighted by molar-refractivity contribution is 0.225. The fourth-order valence-electron chi connectivity index (χ4n) is 3.31. The van der Waals surface area contributed by atoms with Crippen LogP contribution in [-0.4, -0.2) is 38.9 Å². The molecule has 0 bridgehead atoms. The monoisotopic (exact) mass is 421 g/mol. The van der Waals surface area contributed by atoms with Crippen LogP contribution in [0.3, 0.4) is 0 Å². The predicted octanol–water partition coefficient (Wildman–Crippen LogP) is 3.84. The standard InChI is InChI=1S/C19H21Cl2N5O2/c1-19(2,3)26-16-13(9-22-26)17(27)24-18(23-16)25-7-6-12(10-25)28-11-4-5-14(20)15(21)8-11/h4-5,8-9,12H,6-7,10H2,1-3H3,(H,23,24,27). The van der Waals surface area contributed by atoms with Gasteiger partial charge in [-0.15, -0.1) is 0 Å². The summed E-state index contributed by atoms with van der Waals surface area (Å²) >= 11 is 12.0. The van der Waals surface area contributed by atoms with Gasteiger partial charge in [-0.1, -0.05) is 23.2 Å². The number of halogens is 2. The van der Waals surface area contributed by atoms with Crippen LogP contribution in [-0.2, 0) is 5.54 Å². The average Bonchev–Trinajstić information content (AvgIpc) is 3.25. The zero-order valence-corrected chi connectivity index (χ0v) is 17.4. The van der Waals surface area contributed by atoms with E-state index in [1.165, 1.54) is 0 Å². The Morgan fingerprint density at radius 1 is 1.25 bits per heavy atom. The number of nitrogens with zero attached hydrogens (tertiary/aromatic N) is 4. The number of benzene rings is 1. The molecule has 148 valence electrons. The molecule has 0 radical (unpaired) electrons. The molecule has 0 spiro atoms. The first-order valence-electron chi connectivity index (χ1n) is 9.07. The van der Waals surface area contributed by atoms with Gasteiger partial charge in [-0.3, -0.25) is 9.78 Å². The third kappa shape index (κ3) is 3.56. The van der Waals surface area contributed by atoms with Gasteiger partial charge in [0.1, 0.15) is 17.2 Å². The molecule has 0 amide bonds. The Bertz CT molecular complexity index is 1090. The van der Waals surface area contributed by atoms with E-state index < -0.39 is 0 Å². The van der Waals surface area contributed by atoms with Crippen LogP contribution >= 0.6 is 23.2 Å². The first-order valence-corrected chi connectivity index (χ1v) is 9.83. The summed E-state index contributed by atoms with van der Waals surface area (Å²) in [4.78, 5) is 22.1. The molecule has 3 aromatic rings. The van der Waals surface area contributed by atoms with Crippen LogP contribution < -0.4 is 15.2 Å². The molecule has 9 heteroatoms. The van der Waals surface area contributed by atoms with Gasteiger partial charge in [0.15, 0.2) is 5.65 Å². The van der Waals surface area contributed by atoms with Crippen molar-refractivity contribution >= 4 is 40.2 Å².